The molecule has 2 rings (SSSR count). The van der Waals surface area contributed by atoms with Crippen molar-refractivity contribution in [3.63, 3.8) is 0 Å². The van der Waals surface area contributed by atoms with E-state index in [1.165, 1.54) is 12.4 Å². The van der Waals surface area contributed by atoms with Gasteiger partial charge in [0.05, 0.1) is 5.56 Å². The van der Waals surface area contributed by atoms with Gasteiger partial charge >= 0.3 is 5.97 Å². The van der Waals surface area contributed by atoms with Crippen molar-refractivity contribution in [2.75, 3.05) is 0 Å². The van der Waals surface area contributed by atoms with Gasteiger partial charge in [-0.05, 0) is 11.4 Å². The Labute approximate surface area is 90.3 Å². The summed E-state index contributed by atoms with van der Waals surface area (Å²) in [7, 11) is 0. The molecule has 0 aliphatic rings. The average Bonchev–Trinajstić information content (AvgIpc) is 2.71. The molecular weight excluding hydrogens is 212 g/mol. The lowest BCUT2D eigenvalue weighted by atomic mass is 10.3. The fourth-order valence-electron chi connectivity index (χ4n) is 1.13. The second kappa shape index (κ2) is 4.18. The maximum atomic E-state index is 10.6. The standard InChI is InChI=1S/C10H8N2O2S/c13-10(14)7-5-11-9(12-6-7)4-8-2-1-3-15-8/h1-3,5-6H,4H2,(H,13,14). The lowest BCUT2D eigenvalue weighted by Gasteiger charge is -1.97. The number of hydrogen-bond donors (Lipinski definition) is 1. The van der Waals surface area contributed by atoms with E-state index in [-0.39, 0.29) is 5.56 Å². The van der Waals surface area contributed by atoms with Gasteiger partial charge in [0.2, 0.25) is 0 Å². The molecule has 2 aromatic rings. The largest absolute Gasteiger partial charge is 0.478 e. The molecule has 2 aromatic heterocycles. The third kappa shape index (κ3) is 2.38. The summed E-state index contributed by atoms with van der Waals surface area (Å²) in [5, 5.41) is 10.6. The van der Waals surface area contributed by atoms with Gasteiger partial charge in [0.25, 0.3) is 0 Å². The Bertz CT molecular complexity index is 451. The maximum Gasteiger partial charge on any atom is 0.338 e. The molecule has 0 aliphatic heterocycles. The van der Waals surface area contributed by atoms with Crippen LogP contribution in [-0.4, -0.2) is 21.0 Å². The molecule has 0 fully saturated rings. The molecule has 0 aliphatic carbocycles. The summed E-state index contributed by atoms with van der Waals surface area (Å²) in [6.45, 7) is 0. The Morgan fingerprint density at radius 3 is 2.67 bits per heavy atom. The zero-order valence-corrected chi connectivity index (χ0v) is 8.57. The molecule has 0 saturated heterocycles. The van der Waals surface area contributed by atoms with Gasteiger partial charge in [0.1, 0.15) is 5.82 Å². The number of aromatic nitrogens is 2. The highest BCUT2D eigenvalue weighted by Gasteiger charge is 2.04. The van der Waals surface area contributed by atoms with Crippen molar-refractivity contribution in [2.24, 2.45) is 0 Å². The first-order chi connectivity index (χ1) is 7.25. The van der Waals surface area contributed by atoms with Crippen molar-refractivity contribution in [2.45, 2.75) is 6.42 Å². The fraction of sp³-hybridized carbons (Fsp3) is 0.100. The van der Waals surface area contributed by atoms with Crippen LogP contribution in [0.2, 0.25) is 0 Å². The number of thiophene rings is 1. The summed E-state index contributed by atoms with van der Waals surface area (Å²) >= 11 is 1.63. The van der Waals surface area contributed by atoms with Crippen LogP contribution in [0.3, 0.4) is 0 Å². The molecule has 0 unspecified atom stereocenters. The minimum absolute atomic E-state index is 0.116. The number of hydrogen-bond acceptors (Lipinski definition) is 4. The second-order valence-corrected chi connectivity index (χ2v) is 3.98. The van der Waals surface area contributed by atoms with E-state index in [0.29, 0.717) is 12.2 Å². The number of nitrogens with zero attached hydrogens (tertiary/aromatic N) is 2. The van der Waals surface area contributed by atoms with Crippen LogP contribution in [0, 0.1) is 0 Å². The summed E-state index contributed by atoms with van der Waals surface area (Å²) < 4.78 is 0. The Morgan fingerprint density at radius 1 is 1.40 bits per heavy atom. The average molecular weight is 220 g/mol. The predicted octanol–water partition coefficient (Wildman–Crippen LogP) is 1.83. The van der Waals surface area contributed by atoms with Gasteiger partial charge in [-0.15, -0.1) is 11.3 Å². The topological polar surface area (TPSA) is 63.1 Å². The van der Waals surface area contributed by atoms with E-state index in [9.17, 15) is 4.79 Å². The van der Waals surface area contributed by atoms with E-state index in [1.807, 2.05) is 17.5 Å². The van der Waals surface area contributed by atoms with Gasteiger partial charge < -0.3 is 5.11 Å². The lowest BCUT2D eigenvalue weighted by Crippen LogP contribution is -2.01. The maximum absolute atomic E-state index is 10.6. The number of rotatable bonds is 3. The van der Waals surface area contributed by atoms with Crippen LogP contribution in [0.5, 0.6) is 0 Å². The molecule has 0 atom stereocenters. The summed E-state index contributed by atoms with van der Waals surface area (Å²) in [6.07, 6.45) is 3.31. The molecule has 4 nitrogen and oxygen atoms in total. The molecule has 2 heterocycles. The van der Waals surface area contributed by atoms with Gasteiger partial charge in [-0.3, -0.25) is 0 Å². The first-order valence-electron chi connectivity index (χ1n) is 4.32. The molecule has 15 heavy (non-hydrogen) atoms. The van der Waals surface area contributed by atoms with Gasteiger partial charge in [-0.25, -0.2) is 14.8 Å². The molecular formula is C10H8N2O2S. The van der Waals surface area contributed by atoms with Crippen molar-refractivity contribution in [1.82, 2.24) is 9.97 Å². The van der Waals surface area contributed by atoms with Crippen LogP contribution < -0.4 is 0 Å². The van der Waals surface area contributed by atoms with E-state index >= 15 is 0 Å². The summed E-state index contributed by atoms with van der Waals surface area (Å²) in [6, 6.07) is 3.96. The number of carbonyl (C=O) groups is 1. The highest BCUT2D eigenvalue weighted by molar-refractivity contribution is 7.09. The van der Waals surface area contributed by atoms with Crippen LogP contribution in [0.4, 0.5) is 0 Å². The molecule has 1 N–H and O–H groups in total. The predicted molar refractivity (Wildman–Crippen MR) is 56.1 cm³/mol. The van der Waals surface area contributed by atoms with Crippen LogP contribution >= 0.6 is 11.3 Å². The smallest absolute Gasteiger partial charge is 0.338 e. The first kappa shape index (κ1) is 9.79. The third-order valence-corrected chi connectivity index (χ3v) is 2.74. The van der Waals surface area contributed by atoms with Crippen molar-refractivity contribution in [3.8, 4) is 0 Å². The molecule has 0 saturated carbocycles. The fourth-order valence-corrected chi connectivity index (χ4v) is 1.83. The molecule has 0 spiro atoms. The second-order valence-electron chi connectivity index (χ2n) is 2.95. The van der Waals surface area contributed by atoms with E-state index in [2.05, 4.69) is 9.97 Å². The van der Waals surface area contributed by atoms with Crippen LogP contribution in [0.1, 0.15) is 21.1 Å². The molecule has 0 amide bonds. The third-order valence-electron chi connectivity index (χ3n) is 1.86. The quantitative estimate of drug-likeness (QED) is 0.857. The highest BCUT2D eigenvalue weighted by Crippen LogP contribution is 2.11. The van der Waals surface area contributed by atoms with E-state index < -0.39 is 5.97 Å². The van der Waals surface area contributed by atoms with E-state index in [4.69, 9.17) is 5.11 Å². The van der Waals surface area contributed by atoms with Gasteiger partial charge in [0.15, 0.2) is 0 Å². The highest BCUT2D eigenvalue weighted by atomic mass is 32.1. The Kier molecular flexibility index (Phi) is 2.73. The van der Waals surface area contributed by atoms with E-state index in [1.54, 1.807) is 11.3 Å². The normalized spacial score (nSPS) is 10.1. The number of carboxylic acids is 1. The van der Waals surface area contributed by atoms with Crippen molar-refractivity contribution in [1.29, 1.82) is 0 Å². The Balaban J connectivity index is 2.14. The van der Waals surface area contributed by atoms with Crippen molar-refractivity contribution < 1.29 is 9.90 Å². The molecule has 0 aromatic carbocycles. The number of carboxylic acid groups (broad SMARTS) is 1. The molecule has 0 bridgehead atoms. The molecule has 76 valence electrons. The van der Waals surface area contributed by atoms with Gasteiger partial charge in [-0.2, -0.15) is 0 Å². The van der Waals surface area contributed by atoms with Crippen LogP contribution in [0.15, 0.2) is 29.9 Å². The summed E-state index contributed by atoms with van der Waals surface area (Å²) in [5.41, 5.74) is 0.116. The Morgan fingerprint density at radius 2 is 2.13 bits per heavy atom. The number of aromatic carboxylic acids is 1. The molecule has 0 radical (unpaired) electrons. The lowest BCUT2D eigenvalue weighted by molar-refractivity contribution is 0.0696. The Hall–Kier alpha value is -1.75. The van der Waals surface area contributed by atoms with Gasteiger partial charge in [0, 0.05) is 23.7 Å². The zero-order chi connectivity index (χ0) is 10.7. The van der Waals surface area contributed by atoms with Gasteiger partial charge in [-0.1, -0.05) is 6.07 Å². The first-order valence-corrected chi connectivity index (χ1v) is 5.20. The summed E-state index contributed by atoms with van der Waals surface area (Å²) in [5.74, 6) is -0.361. The SMILES string of the molecule is O=C(O)c1cnc(Cc2cccs2)nc1. The minimum atomic E-state index is -1.00. The van der Waals surface area contributed by atoms with Crippen LogP contribution in [-0.2, 0) is 6.42 Å². The van der Waals surface area contributed by atoms with Crippen molar-refractivity contribution in [3.05, 3.63) is 46.2 Å². The monoisotopic (exact) mass is 220 g/mol. The molecule has 5 heteroatoms. The van der Waals surface area contributed by atoms with E-state index in [0.717, 1.165) is 4.88 Å². The summed E-state index contributed by atoms with van der Waals surface area (Å²) in [4.78, 5) is 19.7. The minimum Gasteiger partial charge on any atom is -0.478 e. The van der Waals surface area contributed by atoms with Crippen molar-refractivity contribution >= 4 is 17.3 Å². The zero-order valence-electron chi connectivity index (χ0n) is 7.75. The van der Waals surface area contributed by atoms with Crippen LogP contribution in [0.25, 0.3) is 0 Å².